The first-order valence-electron chi connectivity index (χ1n) is 7.36. The molecule has 128 valence electrons. The Kier molecular flexibility index (Phi) is 5.12. The molecule has 23 heavy (non-hydrogen) atoms. The lowest BCUT2D eigenvalue weighted by atomic mass is 10.0. The van der Waals surface area contributed by atoms with Gasteiger partial charge in [0.25, 0.3) is 5.91 Å². The van der Waals surface area contributed by atoms with E-state index in [0.29, 0.717) is 24.3 Å². The Balaban J connectivity index is 2.49. The van der Waals surface area contributed by atoms with Crippen molar-refractivity contribution in [1.29, 1.82) is 0 Å². The van der Waals surface area contributed by atoms with Crippen molar-refractivity contribution in [2.45, 2.75) is 31.2 Å². The fourth-order valence-electron chi connectivity index (χ4n) is 2.66. The van der Waals surface area contributed by atoms with Crippen molar-refractivity contribution >= 4 is 27.3 Å². The molecule has 9 heteroatoms. The number of nitrogens with one attached hydrogen (secondary N) is 2. The van der Waals surface area contributed by atoms with Crippen LogP contribution in [0.2, 0.25) is 0 Å². The van der Waals surface area contributed by atoms with Crippen LogP contribution in [0, 0.1) is 5.92 Å². The maximum Gasteiger partial charge on any atom is 0.261 e. The number of fused-ring (bicyclic) bond motifs is 1. The number of nitrogen functional groups attached to an aromatic ring is 1. The van der Waals surface area contributed by atoms with Gasteiger partial charge in [0, 0.05) is 18.8 Å². The lowest BCUT2D eigenvalue weighted by Gasteiger charge is -2.29. The number of hydroxylamine groups is 1. The highest BCUT2D eigenvalue weighted by atomic mass is 32.2. The first-order chi connectivity index (χ1) is 10.8. The molecule has 1 heterocycles. The minimum absolute atomic E-state index is 0.0729. The molecule has 1 aliphatic heterocycles. The van der Waals surface area contributed by atoms with Gasteiger partial charge in [-0.2, -0.15) is 4.31 Å². The van der Waals surface area contributed by atoms with Gasteiger partial charge < -0.3 is 11.1 Å². The van der Waals surface area contributed by atoms with E-state index in [1.807, 2.05) is 13.8 Å². The Morgan fingerprint density at radius 2 is 2.17 bits per heavy atom. The normalized spacial score (nSPS) is 18.6. The summed E-state index contributed by atoms with van der Waals surface area (Å²) in [6.07, 6.45) is 0.302. The maximum absolute atomic E-state index is 13.0. The monoisotopic (exact) mass is 342 g/mol. The van der Waals surface area contributed by atoms with Crippen molar-refractivity contribution in [3.8, 4) is 0 Å². The van der Waals surface area contributed by atoms with Crippen molar-refractivity contribution in [2.24, 2.45) is 5.92 Å². The summed E-state index contributed by atoms with van der Waals surface area (Å²) in [5.41, 5.74) is 8.15. The van der Waals surface area contributed by atoms with Gasteiger partial charge in [0.05, 0.1) is 5.69 Å². The predicted molar refractivity (Wildman–Crippen MR) is 86.4 cm³/mol. The summed E-state index contributed by atoms with van der Waals surface area (Å²) < 4.78 is 27.1. The molecule has 1 amide bonds. The van der Waals surface area contributed by atoms with Crippen LogP contribution in [0.4, 0.5) is 11.4 Å². The predicted octanol–water partition coefficient (Wildman–Crippen LogP) is 0.605. The van der Waals surface area contributed by atoms with Crippen LogP contribution in [0.3, 0.4) is 0 Å². The minimum Gasteiger partial charge on any atom is -0.399 e. The number of hydrogen-bond donors (Lipinski definition) is 4. The molecule has 8 nitrogen and oxygen atoms in total. The number of carbonyl (C=O) groups is 1. The Hall–Kier alpha value is -1.84. The standard InChI is InChI=1S/C14H22N4O4S/c1-9(2)7-12(14(19)17-20)18-6-5-16-11-8-10(15)3-4-13(11)23(18,21)22/h3-4,8-9,12,16,20H,5-7,15H2,1-2H3,(H,17,19). The van der Waals surface area contributed by atoms with Gasteiger partial charge in [-0.3, -0.25) is 10.0 Å². The third-order valence-corrected chi connectivity index (χ3v) is 5.66. The van der Waals surface area contributed by atoms with Gasteiger partial charge in [0.1, 0.15) is 10.9 Å². The SMILES string of the molecule is CC(C)CC(C(=O)NO)N1CCNc2cc(N)ccc2S1(=O)=O. The number of hydrogen-bond acceptors (Lipinski definition) is 6. The molecule has 1 aromatic carbocycles. The van der Waals surface area contributed by atoms with Crippen LogP contribution in [0.15, 0.2) is 23.1 Å². The van der Waals surface area contributed by atoms with Gasteiger partial charge >= 0.3 is 0 Å². The number of sulfonamides is 1. The summed E-state index contributed by atoms with van der Waals surface area (Å²) >= 11 is 0. The molecule has 0 spiro atoms. The molecule has 2 rings (SSSR count). The summed E-state index contributed by atoms with van der Waals surface area (Å²) in [6.45, 7) is 4.22. The molecule has 0 fully saturated rings. The van der Waals surface area contributed by atoms with Gasteiger partial charge in [-0.1, -0.05) is 13.8 Å². The number of nitrogens with zero attached hydrogens (tertiary/aromatic N) is 1. The van der Waals surface area contributed by atoms with Gasteiger partial charge in [-0.15, -0.1) is 0 Å². The first-order valence-corrected chi connectivity index (χ1v) is 8.80. The van der Waals surface area contributed by atoms with Crippen LogP contribution in [-0.4, -0.2) is 43.0 Å². The summed E-state index contributed by atoms with van der Waals surface area (Å²) in [4.78, 5) is 12.1. The third kappa shape index (κ3) is 3.57. The lowest BCUT2D eigenvalue weighted by Crippen LogP contribution is -2.50. The highest BCUT2D eigenvalue weighted by molar-refractivity contribution is 7.89. The van der Waals surface area contributed by atoms with Crippen molar-refractivity contribution in [2.75, 3.05) is 24.1 Å². The van der Waals surface area contributed by atoms with E-state index in [0.717, 1.165) is 4.31 Å². The smallest absolute Gasteiger partial charge is 0.261 e. The van der Waals surface area contributed by atoms with Crippen LogP contribution in [0.5, 0.6) is 0 Å². The van der Waals surface area contributed by atoms with Crippen molar-refractivity contribution < 1.29 is 18.4 Å². The molecule has 0 radical (unpaired) electrons. The quantitative estimate of drug-likeness (QED) is 0.361. The topological polar surface area (TPSA) is 125 Å². The van der Waals surface area contributed by atoms with Crippen LogP contribution in [0.1, 0.15) is 20.3 Å². The number of anilines is 2. The number of nitrogens with two attached hydrogens (primary N) is 1. The van der Waals surface area contributed by atoms with Crippen LogP contribution in [0.25, 0.3) is 0 Å². The van der Waals surface area contributed by atoms with Gasteiger partial charge in [-0.05, 0) is 30.5 Å². The van der Waals surface area contributed by atoms with E-state index >= 15 is 0 Å². The summed E-state index contributed by atoms with van der Waals surface area (Å²) in [5, 5.41) is 12.0. The fraction of sp³-hybridized carbons (Fsp3) is 0.500. The fourth-order valence-corrected chi connectivity index (χ4v) is 4.41. The second kappa shape index (κ2) is 6.73. The van der Waals surface area contributed by atoms with Crippen molar-refractivity contribution in [1.82, 2.24) is 9.79 Å². The van der Waals surface area contributed by atoms with Crippen LogP contribution in [-0.2, 0) is 14.8 Å². The molecule has 0 aromatic heterocycles. The second-order valence-corrected chi connectivity index (χ2v) is 7.78. The van der Waals surface area contributed by atoms with Crippen molar-refractivity contribution in [3.63, 3.8) is 0 Å². The molecular formula is C14H22N4O4S. The number of carbonyl (C=O) groups excluding carboxylic acids is 1. The van der Waals surface area contributed by atoms with E-state index < -0.39 is 22.0 Å². The highest BCUT2D eigenvalue weighted by Gasteiger charge is 2.38. The van der Waals surface area contributed by atoms with E-state index in [1.165, 1.54) is 12.1 Å². The first kappa shape index (κ1) is 17.5. The number of rotatable bonds is 4. The van der Waals surface area contributed by atoms with E-state index in [9.17, 15) is 13.2 Å². The van der Waals surface area contributed by atoms with E-state index in [-0.39, 0.29) is 17.4 Å². The molecule has 5 N–H and O–H groups in total. The molecule has 0 saturated heterocycles. The summed E-state index contributed by atoms with van der Waals surface area (Å²) in [7, 11) is -3.89. The molecule has 0 saturated carbocycles. The zero-order chi connectivity index (χ0) is 17.2. The van der Waals surface area contributed by atoms with E-state index in [2.05, 4.69) is 5.32 Å². The summed E-state index contributed by atoms with van der Waals surface area (Å²) in [5.74, 6) is -0.657. The van der Waals surface area contributed by atoms with Crippen LogP contribution >= 0.6 is 0 Å². The molecular weight excluding hydrogens is 320 g/mol. The largest absolute Gasteiger partial charge is 0.399 e. The Bertz CT molecular complexity index is 690. The molecule has 1 atom stereocenters. The van der Waals surface area contributed by atoms with Crippen LogP contribution < -0.4 is 16.5 Å². The lowest BCUT2D eigenvalue weighted by molar-refractivity contribution is -0.133. The average Bonchev–Trinajstić information content (AvgIpc) is 2.60. The van der Waals surface area contributed by atoms with Crippen molar-refractivity contribution in [3.05, 3.63) is 18.2 Å². The Morgan fingerprint density at radius 3 is 2.78 bits per heavy atom. The van der Waals surface area contributed by atoms with E-state index in [4.69, 9.17) is 10.9 Å². The molecule has 0 aliphatic carbocycles. The van der Waals surface area contributed by atoms with Gasteiger partial charge in [0.15, 0.2) is 0 Å². The molecule has 0 bridgehead atoms. The Morgan fingerprint density at radius 1 is 1.48 bits per heavy atom. The zero-order valence-corrected chi connectivity index (χ0v) is 13.9. The number of benzene rings is 1. The maximum atomic E-state index is 13.0. The van der Waals surface area contributed by atoms with Gasteiger partial charge in [-0.25, -0.2) is 13.9 Å². The zero-order valence-electron chi connectivity index (χ0n) is 13.1. The van der Waals surface area contributed by atoms with Gasteiger partial charge in [0.2, 0.25) is 10.0 Å². The highest BCUT2D eigenvalue weighted by Crippen LogP contribution is 2.31. The summed E-state index contributed by atoms with van der Waals surface area (Å²) in [6, 6.07) is 3.51. The van der Waals surface area contributed by atoms with E-state index in [1.54, 1.807) is 11.5 Å². The average molecular weight is 342 g/mol. The minimum atomic E-state index is -3.89. The Labute approximate surface area is 135 Å². The second-order valence-electron chi connectivity index (χ2n) is 5.92. The number of amides is 1. The molecule has 1 aliphatic rings. The third-order valence-electron chi connectivity index (χ3n) is 3.69. The molecule has 1 aromatic rings. The molecule has 1 unspecified atom stereocenters.